The van der Waals surface area contributed by atoms with Gasteiger partial charge in [0.1, 0.15) is 5.75 Å². The van der Waals surface area contributed by atoms with Gasteiger partial charge >= 0.3 is 0 Å². The fraction of sp³-hybridized carbons (Fsp3) is 0.0625. The van der Waals surface area contributed by atoms with Crippen LogP contribution in [0, 0.1) is 6.92 Å². The first-order valence-electron chi connectivity index (χ1n) is 12.8. The number of carbonyl (C=O) groups excluding carboxylic acids is 2. The van der Waals surface area contributed by atoms with E-state index in [0.29, 0.717) is 22.6 Å². The van der Waals surface area contributed by atoms with Crippen molar-refractivity contribution in [2.75, 3.05) is 17.2 Å². The number of thiazole rings is 1. The van der Waals surface area contributed by atoms with Crippen LogP contribution in [0.15, 0.2) is 114 Å². The highest BCUT2D eigenvalue weighted by molar-refractivity contribution is 7.14. The summed E-state index contributed by atoms with van der Waals surface area (Å²) >= 11 is 1.52. The van der Waals surface area contributed by atoms with Crippen molar-refractivity contribution in [3.8, 4) is 17.0 Å². The second-order valence-electron chi connectivity index (χ2n) is 9.08. The average Bonchev–Trinajstić information content (AvgIpc) is 3.46. The van der Waals surface area contributed by atoms with E-state index in [2.05, 4.69) is 33.1 Å². The number of aromatic nitrogens is 1. The molecule has 0 fully saturated rings. The highest BCUT2D eigenvalue weighted by Gasteiger charge is 2.09. The molecule has 0 aliphatic rings. The van der Waals surface area contributed by atoms with Crippen LogP contribution in [0.25, 0.3) is 11.3 Å². The molecule has 204 valence electrons. The summed E-state index contributed by atoms with van der Waals surface area (Å²) in [6.45, 7) is 1.92. The maximum Gasteiger partial charge on any atom is 0.271 e. The zero-order valence-electron chi connectivity index (χ0n) is 22.2. The third-order valence-electron chi connectivity index (χ3n) is 5.92. The molecule has 0 spiro atoms. The van der Waals surface area contributed by atoms with Crippen molar-refractivity contribution >= 4 is 45.9 Å². The van der Waals surface area contributed by atoms with Crippen LogP contribution in [0.5, 0.6) is 5.75 Å². The van der Waals surface area contributed by atoms with E-state index in [9.17, 15) is 9.59 Å². The SMILES string of the molecule is Cc1ccc(Nc2nc(-c3ccc(C(=O)N/N=C/c4cccc(OCC(=O)Nc5ccccc5)c4)cc3)cs2)cc1. The number of hydrogen-bond acceptors (Lipinski definition) is 7. The van der Waals surface area contributed by atoms with Gasteiger partial charge in [0, 0.05) is 27.9 Å². The fourth-order valence-corrected chi connectivity index (χ4v) is 4.54. The Morgan fingerprint density at radius 2 is 1.68 bits per heavy atom. The average molecular weight is 562 g/mol. The lowest BCUT2D eigenvalue weighted by atomic mass is 10.1. The minimum absolute atomic E-state index is 0.131. The molecule has 1 aromatic heterocycles. The van der Waals surface area contributed by atoms with Crippen molar-refractivity contribution in [1.82, 2.24) is 10.4 Å². The van der Waals surface area contributed by atoms with Gasteiger partial charge in [-0.1, -0.05) is 60.2 Å². The lowest BCUT2D eigenvalue weighted by Gasteiger charge is -2.08. The second kappa shape index (κ2) is 13.2. The van der Waals surface area contributed by atoms with Crippen molar-refractivity contribution in [3.63, 3.8) is 0 Å². The molecule has 0 atom stereocenters. The normalized spacial score (nSPS) is 10.8. The van der Waals surface area contributed by atoms with Crippen molar-refractivity contribution in [2.24, 2.45) is 5.10 Å². The molecule has 5 rings (SSSR count). The molecular weight excluding hydrogens is 534 g/mol. The topological polar surface area (TPSA) is 105 Å². The molecule has 0 unspecified atom stereocenters. The largest absolute Gasteiger partial charge is 0.484 e. The summed E-state index contributed by atoms with van der Waals surface area (Å²) in [5.74, 6) is -0.0844. The molecule has 0 radical (unpaired) electrons. The zero-order chi connectivity index (χ0) is 28.4. The molecule has 4 aromatic carbocycles. The van der Waals surface area contributed by atoms with Crippen LogP contribution in [0.4, 0.5) is 16.5 Å². The number of ether oxygens (including phenoxy) is 1. The fourth-order valence-electron chi connectivity index (χ4n) is 3.80. The first kappa shape index (κ1) is 27.3. The number of hydrogen-bond donors (Lipinski definition) is 3. The molecular formula is C32H27N5O3S. The van der Waals surface area contributed by atoms with Gasteiger partial charge in [-0.3, -0.25) is 9.59 Å². The van der Waals surface area contributed by atoms with Gasteiger partial charge in [0.05, 0.1) is 11.9 Å². The first-order valence-corrected chi connectivity index (χ1v) is 13.7. The Bertz CT molecular complexity index is 1650. The van der Waals surface area contributed by atoms with Crippen LogP contribution >= 0.6 is 11.3 Å². The summed E-state index contributed by atoms with van der Waals surface area (Å²) in [5, 5.41) is 12.9. The van der Waals surface area contributed by atoms with Gasteiger partial charge in [0.2, 0.25) is 0 Å². The van der Waals surface area contributed by atoms with Crippen molar-refractivity contribution in [2.45, 2.75) is 6.92 Å². The summed E-state index contributed by atoms with van der Waals surface area (Å²) in [6, 6.07) is 31.6. The minimum atomic E-state index is -0.335. The molecule has 0 bridgehead atoms. The number of nitrogens with zero attached hydrogens (tertiary/aromatic N) is 2. The molecule has 9 heteroatoms. The van der Waals surface area contributed by atoms with E-state index in [0.717, 1.165) is 22.1 Å². The quantitative estimate of drug-likeness (QED) is 0.131. The first-order chi connectivity index (χ1) is 20.0. The van der Waals surface area contributed by atoms with Crippen LogP contribution < -0.4 is 20.8 Å². The number of nitrogens with one attached hydrogen (secondary N) is 3. The van der Waals surface area contributed by atoms with Crippen LogP contribution in [-0.4, -0.2) is 29.6 Å². The summed E-state index contributed by atoms with van der Waals surface area (Å²) < 4.78 is 5.59. The number of anilines is 3. The highest BCUT2D eigenvalue weighted by Crippen LogP contribution is 2.27. The predicted octanol–water partition coefficient (Wildman–Crippen LogP) is 6.64. The van der Waals surface area contributed by atoms with E-state index in [1.165, 1.54) is 23.1 Å². The molecule has 3 N–H and O–H groups in total. The Balaban J connectivity index is 1.11. The summed E-state index contributed by atoms with van der Waals surface area (Å²) in [4.78, 5) is 29.4. The summed E-state index contributed by atoms with van der Waals surface area (Å²) in [7, 11) is 0. The zero-order valence-corrected chi connectivity index (χ0v) is 23.0. The van der Waals surface area contributed by atoms with E-state index in [1.807, 2.05) is 66.0 Å². The van der Waals surface area contributed by atoms with E-state index in [1.54, 1.807) is 42.5 Å². The number of amides is 2. The van der Waals surface area contributed by atoms with Gasteiger partial charge < -0.3 is 15.4 Å². The van der Waals surface area contributed by atoms with E-state index in [-0.39, 0.29) is 18.4 Å². The van der Waals surface area contributed by atoms with Crippen LogP contribution in [0.1, 0.15) is 21.5 Å². The Hall–Kier alpha value is -5.28. The Labute approximate surface area is 241 Å². The number of carbonyl (C=O) groups is 2. The monoisotopic (exact) mass is 561 g/mol. The molecule has 2 amide bonds. The third kappa shape index (κ3) is 7.87. The standard InChI is InChI=1S/C32H27N5O3S/c1-22-10-16-27(17-11-22)35-32-36-29(21-41-32)24-12-14-25(15-13-24)31(39)37-33-19-23-6-5-9-28(18-23)40-20-30(38)34-26-7-3-2-4-8-26/h2-19,21H,20H2,1H3,(H,34,38)(H,35,36)(H,37,39)/b33-19+. The van der Waals surface area contributed by atoms with Gasteiger partial charge in [-0.05, 0) is 61.0 Å². The van der Waals surface area contributed by atoms with E-state index >= 15 is 0 Å². The van der Waals surface area contributed by atoms with E-state index in [4.69, 9.17) is 4.74 Å². The van der Waals surface area contributed by atoms with Crippen molar-refractivity contribution in [1.29, 1.82) is 0 Å². The molecule has 0 aliphatic carbocycles. The molecule has 0 saturated carbocycles. The second-order valence-corrected chi connectivity index (χ2v) is 9.94. The molecule has 1 heterocycles. The maximum absolute atomic E-state index is 12.6. The molecule has 41 heavy (non-hydrogen) atoms. The molecule has 5 aromatic rings. The van der Waals surface area contributed by atoms with Crippen LogP contribution in [-0.2, 0) is 4.79 Å². The Morgan fingerprint density at radius 1 is 0.902 bits per heavy atom. The maximum atomic E-state index is 12.6. The lowest BCUT2D eigenvalue weighted by molar-refractivity contribution is -0.118. The van der Waals surface area contributed by atoms with Gasteiger partial charge in [-0.2, -0.15) is 5.10 Å². The third-order valence-corrected chi connectivity index (χ3v) is 6.67. The predicted molar refractivity (Wildman–Crippen MR) is 164 cm³/mol. The lowest BCUT2D eigenvalue weighted by Crippen LogP contribution is -2.20. The number of benzene rings is 4. The minimum Gasteiger partial charge on any atom is -0.484 e. The molecule has 0 aliphatic heterocycles. The Kier molecular flexibility index (Phi) is 8.78. The van der Waals surface area contributed by atoms with Gasteiger partial charge in [0.25, 0.3) is 11.8 Å². The number of aryl methyl sites for hydroxylation is 1. The number of para-hydroxylation sites is 1. The van der Waals surface area contributed by atoms with Gasteiger partial charge in [-0.15, -0.1) is 11.3 Å². The summed E-state index contributed by atoms with van der Waals surface area (Å²) in [6.07, 6.45) is 1.51. The highest BCUT2D eigenvalue weighted by atomic mass is 32.1. The van der Waals surface area contributed by atoms with E-state index < -0.39 is 0 Å². The van der Waals surface area contributed by atoms with Crippen molar-refractivity contribution < 1.29 is 14.3 Å². The molecule has 8 nitrogen and oxygen atoms in total. The van der Waals surface area contributed by atoms with Crippen LogP contribution in [0.2, 0.25) is 0 Å². The Morgan fingerprint density at radius 3 is 2.46 bits per heavy atom. The van der Waals surface area contributed by atoms with Crippen molar-refractivity contribution in [3.05, 3.63) is 125 Å². The molecule has 0 saturated heterocycles. The van der Waals surface area contributed by atoms with Crippen LogP contribution in [0.3, 0.4) is 0 Å². The van der Waals surface area contributed by atoms with Gasteiger partial charge in [-0.25, -0.2) is 10.4 Å². The summed E-state index contributed by atoms with van der Waals surface area (Å²) in [5.41, 5.74) is 8.35. The smallest absolute Gasteiger partial charge is 0.271 e. The number of rotatable bonds is 10. The number of hydrazone groups is 1. The van der Waals surface area contributed by atoms with Gasteiger partial charge in [0.15, 0.2) is 11.7 Å².